The zero-order chi connectivity index (χ0) is 23.2. The molecule has 0 saturated carbocycles. The SMILES string of the molecule is C=C[C@H](c1ccc(OC)cc1)[C@@H](N=[N+]=[N-])C(=O)N1CCC[C@H]1CO[Si](C)(C)C(C)(C)C. The molecule has 8 heteroatoms. The summed E-state index contributed by atoms with van der Waals surface area (Å²) in [6, 6.07) is 6.52. The van der Waals surface area contributed by atoms with Gasteiger partial charge in [-0.3, -0.25) is 4.79 Å². The molecule has 170 valence electrons. The Labute approximate surface area is 187 Å². The summed E-state index contributed by atoms with van der Waals surface area (Å²) >= 11 is 0. The molecule has 0 N–H and O–H groups in total. The van der Waals surface area contributed by atoms with E-state index in [0.717, 1.165) is 24.2 Å². The summed E-state index contributed by atoms with van der Waals surface area (Å²) in [5.74, 6) is 0.136. The van der Waals surface area contributed by atoms with Crippen LogP contribution in [-0.4, -0.2) is 51.5 Å². The molecule has 0 aromatic heterocycles. The van der Waals surface area contributed by atoms with Crippen LogP contribution in [0.3, 0.4) is 0 Å². The van der Waals surface area contributed by atoms with E-state index in [0.29, 0.717) is 13.2 Å². The fourth-order valence-electron chi connectivity index (χ4n) is 3.59. The van der Waals surface area contributed by atoms with Gasteiger partial charge in [0.2, 0.25) is 5.91 Å². The standard InChI is InChI=1S/C23H36N4O3Si/c1-8-20(17-11-13-19(29-5)14-12-17)21(25-26-24)22(28)27-15-9-10-18(27)16-30-31(6,7)23(2,3)4/h8,11-14,18,20-21H,1,9-10,15-16H2,2-7H3/t18-,20+,21+/m0/s1. The molecule has 3 atom stereocenters. The average Bonchev–Trinajstić information content (AvgIpc) is 3.20. The summed E-state index contributed by atoms with van der Waals surface area (Å²) in [5.41, 5.74) is 10.0. The minimum absolute atomic E-state index is 0.000601. The highest BCUT2D eigenvalue weighted by Crippen LogP contribution is 2.37. The van der Waals surface area contributed by atoms with Crippen molar-refractivity contribution in [2.45, 2.75) is 69.7 Å². The van der Waals surface area contributed by atoms with Gasteiger partial charge in [-0.25, -0.2) is 0 Å². The van der Waals surface area contributed by atoms with E-state index in [1.807, 2.05) is 29.2 Å². The van der Waals surface area contributed by atoms with Gasteiger partial charge in [-0.2, -0.15) is 0 Å². The van der Waals surface area contributed by atoms with Gasteiger partial charge in [0.05, 0.1) is 19.8 Å². The van der Waals surface area contributed by atoms with Gasteiger partial charge in [0, 0.05) is 17.4 Å². The van der Waals surface area contributed by atoms with Crippen LogP contribution in [0.15, 0.2) is 42.0 Å². The fraction of sp³-hybridized carbons (Fsp3) is 0.609. The Balaban J connectivity index is 2.22. The Kier molecular flexibility index (Phi) is 8.34. The molecular weight excluding hydrogens is 408 g/mol. The van der Waals surface area contributed by atoms with Crippen molar-refractivity contribution in [1.29, 1.82) is 0 Å². The summed E-state index contributed by atoms with van der Waals surface area (Å²) in [7, 11) is -0.315. The zero-order valence-corrected chi connectivity index (χ0v) is 20.7. The molecule has 1 saturated heterocycles. The van der Waals surface area contributed by atoms with Crippen LogP contribution in [0.5, 0.6) is 5.75 Å². The van der Waals surface area contributed by atoms with Crippen molar-refractivity contribution >= 4 is 14.2 Å². The lowest BCUT2D eigenvalue weighted by atomic mass is 9.91. The van der Waals surface area contributed by atoms with Crippen LogP contribution in [0.4, 0.5) is 0 Å². The highest BCUT2D eigenvalue weighted by Gasteiger charge is 2.40. The smallest absolute Gasteiger partial charge is 0.232 e. The third-order valence-corrected chi connectivity index (χ3v) is 11.1. The van der Waals surface area contributed by atoms with Crippen LogP contribution in [0.25, 0.3) is 10.4 Å². The van der Waals surface area contributed by atoms with Gasteiger partial charge in [0.1, 0.15) is 11.8 Å². The molecule has 1 fully saturated rings. The van der Waals surface area contributed by atoms with E-state index in [1.165, 1.54) is 0 Å². The molecule has 2 rings (SSSR count). The number of nitrogens with zero attached hydrogens (tertiary/aromatic N) is 4. The number of rotatable bonds is 9. The molecule has 1 aliphatic heterocycles. The first-order chi connectivity index (χ1) is 14.6. The predicted molar refractivity (Wildman–Crippen MR) is 127 cm³/mol. The van der Waals surface area contributed by atoms with Crippen molar-refractivity contribution in [2.75, 3.05) is 20.3 Å². The maximum absolute atomic E-state index is 13.5. The number of hydrogen-bond donors (Lipinski definition) is 0. The van der Waals surface area contributed by atoms with Crippen LogP contribution in [0.1, 0.15) is 45.1 Å². The van der Waals surface area contributed by atoms with Crippen molar-refractivity contribution in [3.63, 3.8) is 0 Å². The molecule has 31 heavy (non-hydrogen) atoms. The molecule has 1 aliphatic rings. The van der Waals surface area contributed by atoms with Crippen molar-refractivity contribution in [3.8, 4) is 5.75 Å². The highest BCUT2D eigenvalue weighted by molar-refractivity contribution is 6.74. The lowest BCUT2D eigenvalue weighted by molar-refractivity contribution is -0.134. The van der Waals surface area contributed by atoms with E-state index >= 15 is 0 Å². The van der Waals surface area contributed by atoms with Gasteiger partial charge in [0.15, 0.2) is 8.32 Å². The van der Waals surface area contributed by atoms with E-state index < -0.39 is 20.3 Å². The average molecular weight is 445 g/mol. The summed E-state index contributed by atoms with van der Waals surface area (Å²) in [6.07, 6.45) is 3.49. The number of hydrogen-bond acceptors (Lipinski definition) is 4. The number of ether oxygens (including phenoxy) is 1. The van der Waals surface area contributed by atoms with E-state index in [2.05, 4.69) is 50.5 Å². The predicted octanol–water partition coefficient (Wildman–Crippen LogP) is 5.66. The third-order valence-electron chi connectivity index (χ3n) is 6.63. The number of carbonyl (C=O) groups is 1. The van der Waals surface area contributed by atoms with Crippen LogP contribution in [-0.2, 0) is 9.22 Å². The fourth-order valence-corrected chi connectivity index (χ4v) is 4.64. The van der Waals surface area contributed by atoms with Crippen LogP contribution in [0, 0.1) is 0 Å². The molecule has 0 aliphatic carbocycles. The number of carbonyl (C=O) groups excluding carboxylic acids is 1. The van der Waals surface area contributed by atoms with E-state index in [9.17, 15) is 10.3 Å². The number of amides is 1. The molecular formula is C23H36N4O3Si. The topological polar surface area (TPSA) is 87.5 Å². The maximum Gasteiger partial charge on any atom is 0.232 e. The van der Waals surface area contributed by atoms with Crippen LogP contribution >= 0.6 is 0 Å². The molecule has 1 aromatic carbocycles. The molecule has 0 bridgehead atoms. The van der Waals surface area contributed by atoms with Crippen LogP contribution < -0.4 is 4.74 Å². The number of methoxy groups -OCH3 is 1. The van der Waals surface area contributed by atoms with Gasteiger partial charge in [-0.05, 0) is 54.2 Å². The first kappa shape index (κ1) is 25.0. The van der Waals surface area contributed by atoms with Gasteiger partial charge in [-0.1, -0.05) is 44.1 Å². The second-order valence-corrected chi connectivity index (χ2v) is 14.4. The Hall–Kier alpha value is -2.28. The van der Waals surface area contributed by atoms with Crippen LogP contribution in [0.2, 0.25) is 18.1 Å². The first-order valence-electron chi connectivity index (χ1n) is 10.8. The number of azide groups is 1. The highest BCUT2D eigenvalue weighted by atomic mass is 28.4. The number of likely N-dealkylation sites (tertiary alicyclic amines) is 1. The van der Waals surface area contributed by atoms with Crippen molar-refractivity contribution in [2.24, 2.45) is 5.11 Å². The van der Waals surface area contributed by atoms with Crippen molar-refractivity contribution < 1.29 is 14.0 Å². The Morgan fingerprint density at radius 2 is 2.03 bits per heavy atom. The quantitative estimate of drug-likeness (QED) is 0.162. The van der Waals surface area contributed by atoms with E-state index in [-0.39, 0.29) is 17.0 Å². The summed E-state index contributed by atoms with van der Waals surface area (Å²) in [6.45, 7) is 16.1. The second kappa shape index (κ2) is 10.4. The normalized spacial score (nSPS) is 18.8. The zero-order valence-electron chi connectivity index (χ0n) is 19.7. The molecule has 1 amide bonds. The van der Waals surface area contributed by atoms with Gasteiger partial charge in [-0.15, -0.1) is 6.58 Å². The Morgan fingerprint density at radius 3 is 2.55 bits per heavy atom. The largest absolute Gasteiger partial charge is 0.497 e. The maximum atomic E-state index is 13.5. The second-order valence-electron chi connectivity index (χ2n) is 9.58. The lowest BCUT2D eigenvalue weighted by Crippen LogP contribution is -2.48. The molecule has 0 radical (unpaired) electrons. The Morgan fingerprint density at radius 1 is 1.39 bits per heavy atom. The first-order valence-corrected chi connectivity index (χ1v) is 13.7. The monoisotopic (exact) mass is 444 g/mol. The van der Waals surface area contributed by atoms with E-state index in [1.54, 1.807) is 13.2 Å². The molecule has 0 spiro atoms. The molecule has 0 unspecified atom stereocenters. The van der Waals surface area contributed by atoms with Gasteiger partial charge >= 0.3 is 0 Å². The van der Waals surface area contributed by atoms with Crippen molar-refractivity contribution in [3.05, 3.63) is 52.9 Å². The summed E-state index contributed by atoms with van der Waals surface area (Å²) < 4.78 is 11.6. The number of benzene rings is 1. The van der Waals surface area contributed by atoms with E-state index in [4.69, 9.17) is 9.16 Å². The molecule has 1 aromatic rings. The minimum Gasteiger partial charge on any atom is -0.497 e. The summed E-state index contributed by atoms with van der Waals surface area (Å²) in [4.78, 5) is 18.3. The Bertz CT molecular complexity index is 813. The van der Waals surface area contributed by atoms with Gasteiger partial charge in [0.25, 0.3) is 0 Å². The van der Waals surface area contributed by atoms with Crippen molar-refractivity contribution in [1.82, 2.24) is 4.90 Å². The molecule has 1 heterocycles. The third kappa shape index (κ3) is 5.90. The summed E-state index contributed by atoms with van der Waals surface area (Å²) in [5, 5.41) is 4.00. The minimum atomic E-state index is -1.92. The lowest BCUT2D eigenvalue weighted by Gasteiger charge is -2.38. The van der Waals surface area contributed by atoms with Gasteiger partial charge < -0.3 is 14.1 Å². The molecule has 7 nitrogen and oxygen atoms in total.